The number of carbonyl (C=O) groups is 3. The van der Waals surface area contributed by atoms with Crippen LogP contribution in [0.1, 0.15) is 43.6 Å². The second kappa shape index (κ2) is 10.4. The molecular weight excluding hydrogens is 448 g/mol. The molecular formula is C24H23ClN2O4S. The van der Waals surface area contributed by atoms with E-state index in [-0.39, 0.29) is 29.5 Å². The van der Waals surface area contributed by atoms with Gasteiger partial charge in [-0.25, -0.2) is 4.79 Å². The molecule has 0 aliphatic heterocycles. The number of ether oxygens (including phenoxy) is 1. The van der Waals surface area contributed by atoms with Crippen molar-refractivity contribution in [3.8, 4) is 0 Å². The molecule has 2 N–H and O–H groups in total. The van der Waals surface area contributed by atoms with Crippen molar-refractivity contribution < 1.29 is 19.1 Å². The highest BCUT2D eigenvalue weighted by Gasteiger charge is 2.26. The lowest BCUT2D eigenvalue weighted by atomic mass is 10.1. The van der Waals surface area contributed by atoms with Crippen LogP contribution in [-0.2, 0) is 16.0 Å². The van der Waals surface area contributed by atoms with Crippen molar-refractivity contribution in [3.63, 3.8) is 0 Å². The van der Waals surface area contributed by atoms with Crippen LogP contribution >= 0.6 is 22.9 Å². The molecule has 0 spiro atoms. The van der Waals surface area contributed by atoms with E-state index in [0.717, 1.165) is 22.5 Å². The maximum atomic E-state index is 12.9. The Morgan fingerprint density at radius 2 is 1.75 bits per heavy atom. The largest absolute Gasteiger partial charge is 0.462 e. The van der Waals surface area contributed by atoms with E-state index in [9.17, 15) is 14.4 Å². The minimum absolute atomic E-state index is 0.142. The number of anilines is 2. The first-order chi connectivity index (χ1) is 15.3. The molecule has 2 amide bonds. The average Bonchev–Trinajstić information content (AvgIpc) is 3.07. The van der Waals surface area contributed by atoms with Crippen LogP contribution in [0.15, 0.2) is 48.5 Å². The molecule has 3 aromatic rings. The van der Waals surface area contributed by atoms with Gasteiger partial charge in [0.25, 0.3) is 5.91 Å². The zero-order valence-corrected chi connectivity index (χ0v) is 19.5. The second-order valence-electron chi connectivity index (χ2n) is 7.11. The number of rotatable bonds is 7. The number of hydrogen-bond donors (Lipinski definition) is 2. The molecule has 0 saturated heterocycles. The SMILES string of the molecule is CCOC(=O)c1c(NC(=O)Cc2ccccc2)sc(C(=O)Nc2ccc(C)c(Cl)c2)c1C. The zero-order chi connectivity index (χ0) is 23.3. The van der Waals surface area contributed by atoms with Crippen molar-refractivity contribution in [2.75, 3.05) is 17.2 Å². The molecule has 2 aromatic carbocycles. The van der Waals surface area contributed by atoms with Crippen LogP contribution in [0.25, 0.3) is 0 Å². The van der Waals surface area contributed by atoms with E-state index < -0.39 is 11.9 Å². The number of hydrogen-bond acceptors (Lipinski definition) is 5. The van der Waals surface area contributed by atoms with Crippen LogP contribution in [0.4, 0.5) is 10.7 Å². The molecule has 0 bridgehead atoms. The summed E-state index contributed by atoms with van der Waals surface area (Å²) in [4.78, 5) is 38.4. The maximum Gasteiger partial charge on any atom is 0.341 e. The molecule has 1 heterocycles. The fraction of sp³-hybridized carbons (Fsp3) is 0.208. The summed E-state index contributed by atoms with van der Waals surface area (Å²) in [5.74, 6) is -1.28. The van der Waals surface area contributed by atoms with Gasteiger partial charge in [-0.15, -0.1) is 11.3 Å². The molecule has 0 atom stereocenters. The number of amides is 2. The molecule has 0 radical (unpaired) electrons. The van der Waals surface area contributed by atoms with Gasteiger partial charge >= 0.3 is 5.97 Å². The normalized spacial score (nSPS) is 10.5. The number of esters is 1. The Balaban J connectivity index is 1.88. The summed E-state index contributed by atoms with van der Waals surface area (Å²) < 4.78 is 5.16. The molecule has 0 aliphatic rings. The Morgan fingerprint density at radius 1 is 1.03 bits per heavy atom. The van der Waals surface area contributed by atoms with Crippen molar-refractivity contribution in [1.29, 1.82) is 0 Å². The smallest absolute Gasteiger partial charge is 0.341 e. The first-order valence-corrected chi connectivity index (χ1v) is 11.2. The number of carbonyl (C=O) groups excluding carboxylic acids is 3. The monoisotopic (exact) mass is 470 g/mol. The Kier molecular flexibility index (Phi) is 7.66. The first kappa shape index (κ1) is 23.5. The van der Waals surface area contributed by atoms with E-state index in [1.165, 1.54) is 0 Å². The van der Waals surface area contributed by atoms with Gasteiger partial charge < -0.3 is 15.4 Å². The lowest BCUT2D eigenvalue weighted by Crippen LogP contribution is -2.16. The summed E-state index contributed by atoms with van der Waals surface area (Å²) in [6, 6.07) is 14.5. The molecule has 1 aromatic heterocycles. The van der Waals surface area contributed by atoms with Gasteiger partial charge in [-0.3, -0.25) is 9.59 Å². The maximum absolute atomic E-state index is 12.9. The van der Waals surface area contributed by atoms with Crippen LogP contribution in [0.5, 0.6) is 0 Å². The average molecular weight is 471 g/mol. The van der Waals surface area contributed by atoms with Crippen LogP contribution in [0.3, 0.4) is 0 Å². The van der Waals surface area contributed by atoms with Crippen molar-refractivity contribution >= 4 is 51.4 Å². The molecule has 166 valence electrons. The molecule has 32 heavy (non-hydrogen) atoms. The van der Waals surface area contributed by atoms with Crippen molar-refractivity contribution in [1.82, 2.24) is 0 Å². The molecule has 3 rings (SSSR count). The number of nitrogens with one attached hydrogen (secondary N) is 2. The minimum Gasteiger partial charge on any atom is -0.462 e. The predicted molar refractivity (Wildman–Crippen MR) is 128 cm³/mol. The van der Waals surface area contributed by atoms with Gasteiger partial charge in [0.15, 0.2) is 0 Å². The standard InChI is InChI=1S/C24H23ClN2O4S/c1-4-31-24(30)20-15(3)21(22(29)26-17-11-10-14(2)18(25)13-17)32-23(20)27-19(28)12-16-8-6-5-7-9-16/h5-11,13H,4,12H2,1-3H3,(H,26,29)(H,27,28). The second-order valence-corrected chi connectivity index (χ2v) is 8.54. The van der Waals surface area contributed by atoms with Gasteiger partial charge in [0.05, 0.1) is 23.5 Å². The highest BCUT2D eigenvalue weighted by Crippen LogP contribution is 2.34. The predicted octanol–water partition coefficient (Wildman–Crippen LogP) is 5.63. The summed E-state index contributed by atoms with van der Waals surface area (Å²) in [5.41, 5.74) is 2.89. The highest BCUT2D eigenvalue weighted by molar-refractivity contribution is 7.19. The summed E-state index contributed by atoms with van der Waals surface area (Å²) in [6.45, 7) is 5.40. The van der Waals surface area contributed by atoms with Crippen LogP contribution < -0.4 is 10.6 Å². The minimum atomic E-state index is -0.589. The van der Waals surface area contributed by atoms with Crippen LogP contribution in [0.2, 0.25) is 5.02 Å². The topological polar surface area (TPSA) is 84.5 Å². The number of benzene rings is 2. The third kappa shape index (κ3) is 5.55. The third-order valence-electron chi connectivity index (χ3n) is 4.72. The Morgan fingerprint density at radius 3 is 2.41 bits per heavy atom. The summed E-state index contributed by atoms with van der Waals surface area (Å²) >= 11 is 7.18. The summed E-state index contributed by atoms with van der Waals surface area (Å²) in [6.07, 6.45) is 0.142. The van der Waals surface area contributed by atoms with E-state index in [0.29, 0.717) is 21.2 Å². The highest BCUT2D eigenvalue weighted by atomic mass is 35.5. The van der Waals surface area contributed by atoms with E-state index in [1.807, 2.05) is 37.3 Å². The Bertz CT molecular complexity index is 1160. The summed E-state index contributed by atoms with van der Waals surface area (Å²) in [7, 11) is 0. The fourth-order valence-corrected chi connectivity index (χ4v) is 4.36. The quantitative estimate of drug-likeness (QED) is 0.438. The van der Waals surface area contributed by atoms with E-state index >= 15 is 0 Å². The lowest BCUT2D eigenvalue weighted by molar-refractivity contribution is -0.115. The van der Waals surface area contributed by atoms with Gasteiger partial charge in [0.2, 0.25) is 5.91 Å². The van der Waals surface area contributed by atoms with E-state index in [1.54, 1.807) is 32.0 Å². The van der Waals surface area contributed by atoms with Gasteiger partial charge in [0.1, 0.15) is 5.00 Å². The number of aryl methyl sites for hydroxylation is 1. The van der Waals surface area contributed by atoms with Crippen LogP contribution in [-0.4, -0.2) is 24.4 Å². The van der Waals surface area contributed by atoms with Crippen molar-refractivity contribution in [3.05, 3.63) is 80.7 Å². The zero-order valence-electron chi connectivity index (χ0n) is 18.0. The van der Waals surface area contributed by atoms with Crippen molar-refractivity contribution in [2.45, 2.75) is 27.2 Å². The van der Waals surface area contributed by atoms with E-state index in [2.05, 4.69) is 10.6 Å². The Labute approximate surface area is 195 Å². The molecule has 8 heteroatoms. The van der Waals surface area contributed by atoms with Crippen molar-refractivity contribution in [2.24, 2.45) is 0 Å². The van der Waals surface area contributed by atoms with Gasteiger partial charge in [0, 0.05) is 10.7 Å². The van der Waals surface area contributed by atoms with E-state index in [4.69, 9.17) is 16.3 Å². The van der Waals surface area contributed by atoms with Crippen LogP contribution in [0, 0.1) is 13.8 Å². The molecule has 0 aliphatic carbocycles. The lowest BCUT2D eigenvalue weighted by Gasteiger charge is -2.07. The molecule has 0 saturated carbocycles. The first-order valence-electron chi connectivity index (χ1n) is 10.0. The fourth-order valence-electron chi connectivity index (χ4n) is 3.08. The number of thiophene rings is 1. The van der Waals surface area contributed by atoms with Gasteiger partial charge in [-0.2, -0.15) is 0 Å². The molecule has 0 unspecified atom stereocenters. The molecule has 6 nitrogen and oxygen atoms in total. The summed E-state index contributed by atoms with van der Waals surface area (Å²) in [5, 5.41) is 6.39. The van der Waals surface area contributed by atoms with Gasteiger partial charge in [-0.05, 0) is 49.6 Å². The van der Waals surface area contributed by atoms with Gasteiger partial charge in [-0.1, -0.05) is 48.0 Å². The molecule has 0 fully saturated rings. The third-order valence-corrected chi connectivity index (χ3v) is 6.34. The Hall–Kier alpha value is -3.16. The number of halogens is 1.